The number of hydrogen-bond donors (Lipinski definition) is 1. The van der Waals surface area contributed by atoms with Crippen LogP contribution in [-0.4, -0.2) is 32.0 Å². The monoisotopic (exact) mass is 408 g/mol. The van der Waals surface area contributed by atoms with E-state index >= 15 is 0 Å². The molecule has 7 heteroatoms. The van der Waals surface area contributed by atoms with Crippen molar-refractivity contribution in [2.24, 2.45) is 0 Å². The molecule has 0 aliphatic carbocycles. The summed E-state index contributed by atoms with van der Waals surface area (Å²) in [5.74, 6) is -0.782. The van der Waals surface area contributed by atoms with Gasteiger partial charge in [-0.1, -0.05) is 48.5 Å². The molecule has 0 bridgehead atoms. The molecular weight excluding hydrogens is 388 g/mol. The fraction of sp³-hybridized carbons (Fsp3) is 0.182. The first-order valence-electron chi connectivity index (χ1n) is 9.29. The van der Waals surface area contributed by atoms with Crippen molar-refractivity contribution in [3.63, 3.8) is 0 Å². The highest BCUT2D eigenvalue weighted by atomic mass is 32.2. The van der Waals surface area contributed by atoms with Gasteiger partial charge in [0.25, 0.3) is 0 Å². The molecule has 6 nitrogen and oxygen atoms in total. The molecule has 148 valence electrons. The Morgan fingerprint density at radius 3 is 2.55 bits per heavy atom. The van der Waals surface area contributed by atoms with Gasteiger partial charge in [-0.15, -0.1) is 0 Å². The highest BCUT2D eigenvalue weighted by molar-refractivity contribution is 7.92. The number of fused-ring (bicyclic) bond motifs is 2. The number of para-hydroxylation sites is 1. The number of carbonyl (C=O) groups excluding carboxylic acids is 2. The van der Waals surface area contributed by atoms with Gasteiger partial charge in [0.2, 0.25) is 11.8 Å². The average Bonchev–Trinajstić information content (AvgIpc) is 2.78. The van der Waals surface area contributed by atoms with Crippen molar-refractivity contribution in [3.05, 3.63) is 66.7 Å². The Balaban J connectivity index is 1.66. The number of carbonyl (C=O) groups is 2. The summed E-state index contributed by atoms with van der Waals surface area (Å²) < 4.78 is 25.5. The predicted octanol–water partition coefficient (Wildman–Crippen LogP) is 3.38. The molecule has 0 saturated heterocycles. The maximum absolute atomic E-state index is 12.8. The molecule has 0 fully saturated rings. The van der Waals surface area contributed by atoms with E-state index in [0.29, 0.717) is 5.69 Å². The first-order chi connectivity index (χ1) is 13.9. The van der Waals surface area contributed by atoms with Gasteiger partial charge in [-0.3, -0.25) is 9.59 Å². The SMILES string of the molecule is CC1CC(=O)N(CC(=O)Nc2cccc3ccccc23)c2ccccc2S1(=O)=O. The van der Waals surface area contributed by atoms with E-state index in [0.717, 1.165) is 10.8 Å². The molecule has 1 heterocycles. The van der Waals surface area contributed by atoms with Crippen LogP contribution in [0.5, 0.6) is 0 Å². The van der Waals surface area contributed by atoms with Gasteiger partial charge in [-0.05, 0) is 30.5 Å². The van der Waals surface area contributed by atoms with Crippen LogP contribution < -0.4 is 10.2 Å². The topological polar surface area (TPSA) is 83.6 Å². The second-order valence-corrected chi connectivity index (χ2v) is 9.42. The third kappa shape index (κ3) is 3.49. The molecule has 1 aliphatic rings. The quantitative estimate of drug-likeness (QED) is 0.720. The van der Waals surface area contributed by atoms with Crippen LogP contribution in [0, 0.1) is 0 Å². The van der Waals surface area contributed by atoms with Crippen LogP contribution in [0.4, 0.5) is 11.4 Å². The lowest BCUT2D eigenvalue weighted by Gasteiger charge is -2.22. The summed E-state index contributed by atoms with van der Waals surface area (Å²) in [6.07, 6.45) is -0.168. The highest BCUT2D eigenvalue weighted by Gasteiger charge is 2.36. The van der Waals surface area contributed by atoms with E-state index in [1.165, 1.54) is 17.9 Å². The normalized spacial score (nSPS) is 18.2. The fourth-order valence-corrected chi connectivity index (χ4v) is 5.11. The van der Waals surface area contributed by atoms with Gasteiger partial charge >= 0.3 is 0 Å². The molecule has 1 aliphatic heterocycles. The third-order valence-electron chi connectivity index (χ3n) is 5.12. The maximum atomic E-state index is 12.8. The molecular formula is C22H20N2O4S. The van der Waals surface area contributed by atoms with E-state index in [2.05, 4.69) is 5.32 Å². The minimum atomic E-state index is -3.64. The van der Waals surface area contributed by atoms with E-state index in [-0.39, 0.29) is 29.5 Å². The zero-order chi connectivity index (χ0) is 20.6. The van der Waals surface area contributed by atoms with Gasteiger partial charge in [0, 0.05) is 17.5 Å². The summed E-state index contributed by atoms with van der Waals surface area (Å²) in [5, 5.41) is 3.89. The smallest absolute Gasteiger partial charge is 0.244 e. The van der Waals surface area contributed by atoms with Crippen molar-refractivity contribution in [1.82, 2.24) is 0 Å². The van der Waals surface area contributed by atoms with Crippen LogP contribution in [0.1, 0.15) is 13.3 Å². The first-order valence-corrected chi connectivity index (χ1v) is 10.8. The Hall–Kier alpha value is -3.19. The van der Waals surface area contributed by atoms with Crippen molar-refractivity contribution >= 4 is 43.8 Å². The summed E-state index contributed by atoms with van der Waals surface area (Å²) in [5.41, 5.74) is 0.888. The van der Waals surface area contributed by atoms with Crippen molar-refractivity contribution in [1.29, 1.82) is 0 Å². The number of sulfone groups is 1. The van der Waals surface area contributed by atoms with E-state index in [1.54, 1.807) is 24.3 Å². The van der Waals surface area contributed by atoms with Gasteiger partial charge in [0.15, 0.2) is 9.84 Å². The number of hydrogen-bond acceptors (Lipinski definition) is 4. The summed E-state index contributed by atoms with van der Waals surface area (Å²) in [6.45, 7) is 1.25. The first kappa shape index (κ1) is 19.1. The Labute approximate surface area is 169 Å². The molecule has 4 rings (SSSR count). The van der Waals surface area contributed by atoms with E-state index < -0.39 is 21.0 Å². The third-order valence-corrected chi connectivity index (χ3v) is 7.31. The molecule has 0 spiro atoms. The van der Waals surface area contributed by atoms with Crippen molar-refractivity contribution in [3.8, 4) is 0 Å². The molecule has 1 unspecified atom stereocenters. The van der Waals surface area contributed by atoms with Gasteiger partial charge in [0.05, 0.1) is 15.8 Å². The van der Waals surface area contributed by atoms with E-state index in [4.69, 9.17) is 0 Å². The van der Waals surface area contributed by atoms with Crippen LogP contribution in [-0.2, 0) is 19.4 Å². The van der Waals surface area contributed by atoms with Crippen LogP contribution in [0.25, 0.3) is 10.8 Å². The lowest BCUT2D eigenvalue weighted by molar-refractivity contribution is -0.121. The molecule has 0 saturated carbocycles. The lowest BCUT2D eigenvalue weighted by Crippen LogP contribution is -2.38. The van der Waals surface area contributed by atoms with E-state index in [1.807, 2.05) is 36.4 Å². The zero-order valence-corrected chi connectivity index (χ0v) is 16.6. The minimum Gasteiger partial charge on any atom is -0.324 e. The van der Waals surface area contributed by atoms with Crippen molar-refractivity contribution in [2.75, 3.05) is 16.8 Å². The lowest BCUT2D eigenvalue weighted by atomic mass is 10.1. The van der Waals surface area contributed by atoms with Gasteiger partial charge in [-0.2, -0.15) is 0 Å². The van der Waals surface area contributed by atoms with Crippen LogP contribution >= 0.6 is 0 Å². The van der Waals surface area contributed by atoms with Crippen molar-refractivity contribution in [2.45, 2.75) is 23.5 Å². The second-order valence-electron chi connectivity index (χ2n) is 7.08. The summed E-state index contributed by atoms with van der Waals surface area (Å²) in [6, 6.07) is 19.6. The molecule has 0 aromatic heterocycles. The number of anilines is 2. The Morgan fingerprint density at radius 1 is 1.03 bits per heavy atom. The fourth-order valence-electron chi connectivity index (χ4n) is 3.58. The Bertz CT molecular complexity index is 1210. The molecule has 0 radical (unpaired) electrons. The summed E-state index contributed by atoms with van der Waals surface area (Å²) in [7, 11) is -3.64. The molecule has 3 aromatic rings. The summed E-state index contributed by atoms with van der Waals surface area (Å²) >= 11 is 0. The Morgan fingerprint density at radius 2 is 1.72 bits per heavy atom. The number of benzene rings is 3. The van der Waals surface area contributed by atoms with Gasteiger partial charge < -0.3 is 10.2 Å². The number of amides is 2. The Kier molecular flexibility index (Phi) is 4.84. The summed E-state index contributed by atoms with van der Waals surface area (Å²) in [4.78, 5) is 26.9. The molecule has 29 heavy (non-hydrogen) atoms. The number of rotatable bonds is 3. The van der Waals surface area contributed by atoms with Crippen LogP contribution in [0.15, 0.2) is 71.6 Å². The predicted molar refractivity (Wildman–Crippen MR) is 113 cm³/mol. The number of nitrogens with zero attached hydrogens (tertiary/aromatic N) is 1. The minimum absolute atomic E-state index is 0.0799. The molecule has 2 amide bonds. The molecule has 1 atom stereocenters. The maximum Gasteiger partial charge on any atom is 0.244 e. The van der Waals surface area contributed by atoms with Crippen LogP contribution in [0.3, 0.4) is 0 Å². The zero-order valence-electron chi connectivity index (χ0n) is 15.8. The number of nitrogens with one attached hydrogen (secondary N) is 1. The van der Waals surface area contributed by atoms with Crippen molar-refractivity contribution < 1.29 is 18.0 Å². The highest BCUT2D eigenvalue weighted by Crippen LogP contribution is 2.33. The average molecular weight is 408 g/mol. The van der Waals surface area contributed by atoms with Gasteiger partial charge in [0.1, 0.15) is 6.54 Å². The standard InChI is InChI=1S/C22H20N2O4S/c1-15-13-22(26)24(19-11-4-5-12-20(19)29(15,27)28)14-21(25)23-18-10-6-8-16-7-2-3-9-17(16)18/h2-12,15H,13-14H2,1H3,(H,23,25). The molecule has 1 N–H and O–H groups in total. The van der Waals surface area contributed by atoms with Gasteiger partial charge in [-0.25, -0.2) is 8.42 Å². The van der Waals surface area contributed by atoms with E-state index in [9.17, 15) is 18.0 Å². The second kappa shape index (κ2) is 7.33. The van der Waals surface area contributed by atoms with Crippen LogP contribution in [0.2, 0.25) is 0 Å². The molecule has 3 aromatic carbocycles. The largest absolute Gasteiger partial charge is 0.324 e.